The van der Waals surface area contributed by atoms with E-state index in [1.165, 1.54) is 89.9 Å². The van der Waals surface area contributed by atoms with Crippen LogP contribution in [0, 0.1) is 5.92 Å². The Kier molecular flexibility index (Phi) is 13.2. The smallest absolute Gasteiger partial charge is 0.114 e. The molecule has 0 fully saturated rings. The molecule has 24 heavy (non-hydrogen) atoms. The summed E-state index contributed by atoms with van der Waals surface area (Å²) in [6.45, 7) is 6.42. The summed E-state index contributed by atoms with van der Waals surface area (Å²) in [5, 5.41) is 3.34. The van der Waals surface area contributed by atoms with Gasteiger partial charge in [-0.25, -0.2) is 0 Å². The Morgan fingerprint density at radius 2 is 1.42 bits per heavy atom. The summed E-state index contributed by atoms with van der Waals surface area (Å²) in [5.41, 5.74) is 6.38. The van der Waals surface area contributed by atoms with Gasteiger partial charge in [-0.15, -0.1) is 0 Å². The molecule has 0 aromatic rings. The SMILES string of the molecule is CCCCCCCCCCCCCCC(CC)C(N)C1=NCCN1. The summed E-state index contributed by atoms with van der Waals surface area (Å²) in [7, 11) is 0. The number of aliphatic imine (C=N–C) groups is 1. The number of amidine groups is 1. The van der Waals surface area contributed by atoms with Gasteiger partial charge in [-0.1, -0.05) is 97.3 Å². The quantitative estimate of drug-likeness (QED) is 0.369. The number of nitrogens with zero attached hydrogens (tertiary/aromatic N) is 1. The first kappa shape index (κ1) is 21.5. The molecule has 0 saturated heterocycles. The molecule has 142 valence electrons. The maximum atomic E-state index is 6.38. The molecule has 1 aliphatic rings. The van der Waals surface area contributed by atoms with Gasteiger partial charge in [0.05, 0.1) is 12.6 Å². The van der Waals surface area contributed by atoms with Crippen LogP contribution in [0.25, 0.3) is 0 Å². The van der Waals surface area contributed by atoms with Crippen LogP contribution in [0.1, 0.15) is 104 Å². The Labute approximate surface area is 151 Å². The van der Waals surface area contributed by atoms with Gasteiger partial charge in [0.1, 0.15) is 5.84 Å². The highest BCUT2D eigenvalue weighted by molar-refractivity contribution is 5.88. The molecule has 0 aromatic heterocycles. The molecule has 1 heterocycles. The van der Waals surface area contributed by atoms with Crippen molar-refractivity contribution in [1.29, 1.82) is 0 Å². The highest BCUT2D eigenvalue weighted by atomic mass is 15.1. The van der Waals surface area contributed by atoms with Gasteiger partial charge in [0.25, 0.3) is 0 Å². The van der Waals surface area contributed by atoms with E-state index >= 15 is 0 Å². The third-order valence-electron chi connectivity index (χ3n) is 5.48. The lowest BCUT2D eigenvalue weighted by Crippen LogP contribution is -2.43. The molecule has 3 N–H and O–H groups in total. The van der Waals surface area contributed by atoms with Crippen LogP contribution in [0.2, 0.25) is 0 Å². The molecule has 0 amide bonds. The first-order chi connectivity index (χ1) is 11.8. The van der Waals surface area contributed by atoms with Crippen LogP contribution in [0.3, 0.4) is 0 Å². The molecule has 1 aliphatic heterocycles. The number of hydrogen-bond donors (Lipinski definition) is 2. The highest BCUT2D eigenvalue weighted by Gasteiger charge is 2.22. The second-order valence-corrected chi connectivity index (χ2v) is 7.57. The molecule has 3 nitrogen and oxygen atoms in total. The van der Waals surface area contributed by atoms with E-state index in [-0.39, 0.29) is 6.04 Å². The first-order valence-corrected chi connectivity index (χ1v) is 10.8. The van der Waals surface area contributed by atoms with Gasteiger partial charge in [-0.05, 0) is 12.3 Å². The van der Waals surface area contributed by atoms with Gasteiger partial charge < -0.3 is 11.1 Å². The minimum Gasteiger partial charge on any atom is -0.371 e. The fraction of sp³-hybridized carbons (Fsp3) is 0.952. The Morgan fingerprint density at radius 3 is 1.88 bits per heavy atom. The second kappa shape index (κ2) is 14.7. The average Bonchev–Trinajstić information content (AvgIpc) is 3.13. The fourth-order valence-corrected chi connectivity index (χ4v) is 3.75. The maximum Gasteiger partial charge on any atom is 0.114 e. The molecule has 1 rings (SSSR count). The van der Waals surface area contributed by atoms with E-state index < -0.39 is 0 Å². The van der Waals surface area contributed by atoms with Gasteiger partial charge >= 0.3 is 0 Å². The third-order valence-corrected chi connectivity index (χ3v) is 5.48. The van der Waals surface area contributed by atoms with Crippen molar-refractivity contribution in [3.63, 3.8) is 0 Å². The zero-order valence-corrected chi connectivity index (χ0v) is 16.5. The van der Waals surface area contributed by atoms with Crippen LogP contribution in [-0.2, 0) is 0 Å². The van der Waals surface area contributed by atoms with Crippen LogP contribution in [0.4, 0.5) is 0 Å². The topological polar surface area (TPSA) is 50.4 Å². The lowest BCUT2D eigenvalue weighted by molar-refractivity contribution is 0.411. The van der Waals surface area contributed by atoms with E-state index in [1.54, 1.807) is 0 Å². The Hall–Kier alpha value is -0.570. The number of nitrogens with two attached hydrogens (primary N) is 1. The summed E-state index contributed by atoms with van der Waals surface area (Å²) in [5.74, 6) is 1.65. The lowest BCUT2D eigenvalue weighted by Gasteiger charge is -2.22. The standard InChI is InChI=1S/C21H43N3/c1-3-5-6-7-8-9-10-11-12-13-14-15-16-19(4-2)20(22)21-23-17-18-24-21/h19-20H,3-18,22H2,1-2H3,(H,23,24). The summed E-state index contributed by atoms with van der Waals surface area (Å²) < 4.78 is 0. The van der Waals surface area contributed by atoms with Crippen molar-refractivity contribution in [2.75, 3.05) is 13.1 Å². The van der Waals surface area contributed by atoms with Gasteiger partial charge in [0, 0.05) is 6.54 Å². The highest BCUT2D eigenvalue weighted by Crippen LogP contribution is 2.19. The molecule has 0 aromatic carbocycles. The van der Waals surface area contributed by atoms with Crippen LogP contribution in [0.5, 0.6) is 0 Å². The van der Waals surface area contributed by atoms with Crippen LogP contribution in [0.15, 0.2) is 4.99 Å². The van der Waals surface area contributed by atoms with Crippen molar-refractivity contribution in [3.8, 4) is 0 Å². The van der Waals surface area contributed by atoms with Crippen molar-refractivity contribution in [2.45, 2.75) is 110 Å². The van der Waals surface area contributed by atoms with Crippen molar-refractivity contribution in [2.24, 2.45) is 16.6 Å². The molecule has 0 spiro atoms. The lowest BCUT2D eigenvalue weighted by atomic mass is 9.90. The largest absolute Gasteiger partial charge is 0.371 e. The Morgan fingerprint density at radius 1 is 0.875 bits per heavy atom. The van der Waals surface area contributed by atoms with E-state index in [0.29, 0.717) is 5.92 Å². The molecule has 0 radical (unpaired) electrons. The summed E-state index contributed by atoms with van der Waals surface area (Å²) in [6.07, 6.45) is 19.4. The maximum absolute atomic E-state index is 6.38. The van der Waals surface area contributed by atoms with Crippen molar-refractivity contribution in [1.82, 2.24) is 5.32 Å². The van der Waals surface area contributed by atoms with E-state index in [0.717, 1.165) is 18.9 Å². The minimum atomic E-state index is 0.130. The number of hydrogen-bond acceptors (Lipinski definition) is 3. The average molecular weight is 338 g/mol. The van der Waals surface area contributed by atoms with E-state index in [4.69, 9.17) is 5.73 Å². The molecule has 2 unspecified atom stereocenters. The molecular weight excluding hydrogens is 294 g/mol. The first-order valence-electron chi connectivity index (χ1n) is 10.8. The Bertz CT molecular complexity index is 314. The van der Waals surface area contributed by atoms with E-state index in [9.17, 15) is 0 Å². The van der Waals surface area contributed by atoms with E-state index in [1.807, 2.05) is 0 Å². The molecule has 0 bridgehead atoms. The van der Waals surface area contributed by atoms with Gasteiger partial charge in [-0.3, -0.25) is 4.99 Å². The predicted molar refractivity (Wildman–Crippen MR) is 108 cm³/mol. The minimum absolute atomic E-state index is 0.130. The van der Waals surface area contributed by atoms with Crippen molar-refractivity contribution < 1.29 is 0 Å². The second-order valence-electron chi connectivity index (χ2n) is 7.57. The third kappa shape index (κ3) is 9.66. The zero-order valence-electron chi connectivity index (χ0n) is 16.5. The summed E-state index contributed by atoms with van der Waals surface area (Å²) in [4.78, 5) is 4.49. The number of rotatable bonds is 16. The molecule has 2 atom stereocenters. The van der Waals surface area contributed by atoms with Gasteiger partial charge in [-0.2, -0.15) is 0 Å². The Balaban J connectivity index is 1.91. The summed E-state index contributed by atoms with van der Waals surface area (Å²) >= 11 is 0. The van der Waals surface area contributed by atoms with Crippen LogP contribution in [-0.4, -0.2) is 25.0 Å². The number of unbranched alkanes of at least 4 members (excludes halogenated alkanes) is 11. The summed E-state index contributed by atoms with van der Waals surface area (Å²) in [6, 6.07) is 0.130. The molecule has 3 heteroatoms. The van der Waals surface area contributed by atoms with Crippen molar-refractivity contribution >= 4 is 5.84 Å². The number of nitrogens with one attached hydrogen (secondary N) is 1. The zero-order chi connectivity index (χ0) is 17.5. The molecular formula is C21H43N3. The van der Waals surface area contributed by atoms with E-state index in [2.05, 4.69) is 24.2 Å². The molecule has 0 saturated carbocycles. The fourth-order valence-electron chi connectivity index (χ4n) is 3.75. The van der Waals surface area contributed by atoms with Gasteiger partial charge in [0.15, 0.2) is 0 Å². The van der Waals surface area contributed by atoms with Gasteiger partial charge in [0.2, 0.25) is 0 Å². The molecule has 0 aliphatic carbocycles. The predicted octanol–water partition coefficient (Wildman–Crippen LogP) is 5.43. The van der Waals surface area contributed by atoms with Crippen LogP contribution >= 0.6 is 0 Å². The van der Waals surface area contributed by atoms with Crippen LogP contribution < -0.4 is 11.1 Å². The normalized spacial score (nSPS) is 16.7. The van der Waals surface area contributed by atoms with Crippen molar-refractivity contribution in [3.05, 3.63) is 0 Å². The monoisotopic (exact) mass is 337 g/mol.